The zero-order chi connectivity index (χ0) is 13.0. The summed E-state index contributed by atoms with van der Waals surface area (Å²) in [4.78, 5) is 3.95. The highest BCUT2D eigenvalue weighted by Crippen LogP contribution is 2.19. The molecule has 2 heterocycles. The van der Waals surface area contributed by atoms with Gasteiger partial charge in [0.25, 0.3) is 0 Å². The van der Waals surface area contributed by atoms with Crippen molar-refractivity contribution in [2.24, 2.45) is 11.7 Å². The van der Waals surface area contributed by atoms with Crippen LogP contribution in [0.1, 0.15) is 12.8 Å². The molecule has 0 bridgehead atoms. The smallest absolute Gasteiger partial charge is 0.302 e. The molecule has 0 radical (unpaired) electrons. The molecule has 2 rings (SSSR count). The van der Waals surface area contributed by atoms with Crippen LogP contribution in [-0.2, 0) is 10.2 Å². The van der Waals surface area contributed by atoms with Crippen molar-refractivity contribution >= 4 is 16.0 Å². The van der Waals surface area contributed by atoms with Crippen LogP contribution in [0.2, 0.25) is 0 Å². The first-order valence-electron chi connectivity index (χ1n) is 6.01. The van der Waals surface area contributed by atoms with Crippen molar-refractivity contribution in [3.63, 3.8) is 0 Å². The summed E-state index contributed by atoms with van der Waals surface area (Å²) in [6, 6.07) is 5.11. The fourth-order valence-electron chi connectivity index (χ4n) is 2.01. The lowest BCUT2D eigenvalue weighted by molar-refractivity contribution is 0.280. The highest BCUT2D eigenvalue weighted by molar-refractivity contribution is 7.90. The standard InChI is InChI=1S/C11H18N4O2S/c12-9-10-4-7-15(8-5-10)18(16,17)14-11-3-1-2-6-13-11/h1-3,6,10H,4-5,7-9,12H2,(H,13,14). The van der Waals surface area contributed by atoms with Gasteiger partial charge in [-0.1, -0.05) is 6.07 Å². The predicted octanol–water partition coefficient (Wildman–Crippen LogP) is 0.409. The van der Waals surface area contributed by atoms with Crippen LogP contribution in [0.25, 0.3) is 0 Å². The average molecular weight is 270 g/mol. The van der Waals surface area contributed by atoms with Gasteiger partial charge >= 0.3 is 10.2 Å². The number of hydrogen-bond donors (Lipinski definition) is 2. The summed E-state index contributed by atoms with van der Waals surface area (Å²) in [5.41, 5.74) is 5.59. The van der Waals surface area contributed by atoms with Crippen molar-refractivity contribution in [3.8, 4) is 0 Å². The molecule has 1 aromatic rings. The van der Waals surface area contributed by atoms with E-state index in [1.54, 1.807) is 24.4 Å². The van der Waals surface area contributed by atoms with Gasteiger partial charge in [-0.2, -0.15) is 12.7 Å². The lowest BCUT2D eigenvalue weighted by atomic mass is 9.99. The highest BCUT2D eigenvalue weighted by Gasteiger charge is 2.27. The summed E-state index contributed by atoms with van der Waals surface area (Å²) in [5, 5.41) is 0. The van der Waals surface area contributed by atoms with Gasteiger partial charge in [-0.25, -0.2) is 4.98 Å². The summed E-state index contributed by atoms with van der Waals surface area (Å²) in [6.45, 7) is 1.66. The first kappa shape index (κ1) is 13.3. The Morgan fingerprint density at radius 3 is 2.67 bits per heavy atom. The van der Waals surface area contributed by atoms with E-state index >= 15 is 0 Å². The van der Waals surface area contributed by atoms with E-state index in [-0.39, 0.29) is 0 Å². The molecule has 0 amide bonds. The van der Waals surface area contributed by atoms with Crippen LogP contribution >= 0.6 is 0 Å². The van der Waals surface area contributed by atoms with Crippen molar-refractivity contribution in [2.75, 3.05) is 24.4 Å². The van der Waals surface area contributed by atoms with E-state index in [1.807, 2.05) is 0 Å². The van der Waals surface area contributed by atoms with Gasteiger partial charge in [0.2, 0.25) is 0 Å². The van der Waals surface area contributed by atoms with E-state index in [2.05, 4.69) is 9.71 Å². The number of hydrogen-bond acceptors (Lipinski definition) is 4. The molecular formula is C11H18N4O2S. The molecule has 0 saturated carbocycles. The van der Waals surface area contributed by atoms with Gasteiger partial charge in [0.05, 0.1) is 0 Å². The number of rotatable bonds is 4. The Morgan fingerprint density at radius 1 is 1.39 bits per heavy atom. The van der Waals surface area contributed by atoms with Gasteiger partial charge in [-0.3, -0.25) is 4.72 Å². The summed E-state index contributed by atoms with van der Waals surface area (Å²) >= 11 is 0. The SMILES string of the molecule is NCC1CCN(S(=O)(=O)Nc2ccccn2)CC1. The lowest BCUT2D eigenvalue weighted by Crippen LogP contribution is -2.42. The van der Waals surface area contributed by atoms with Crippen LogP contribution < -0.4 is 10.5 Å². The third-order valence-corrected chi connectivity index (χ3v) is 4.66. The summed E-state index contributed by atoms with van der Waals surface area (Å²) < 4.78 is 28.1. The molecule has 100 valence electrons. The van der Waals surface area contributed by atoms with E-state index in [4.69, 9.17) is 5.73 Å². The Balaban J connectivity index is 2.00. The molecule has 6 nitrogen and oxygen atoms in total. The van der Waals surface area contributed by atoms with E-state index in [1.165, 1.54) is 4.31 Å². The predicted molar refractivity (Wildman–Crippen MR) is 70.1 cm³/mol. The van der Waals surface area contributed by atoms with Crippen molar-refractivity contribution in [1.29, 1.82) is 0 Å². The Bertz CT molecular complexity index is 469. The lowest BCUT2D eigenvalue weighted by Gasteiger charge is -2.30. The number of piperidine rings is 1. The van der Waals surface area contributed by atoms with Crippen LogP contribution in [-0.4, -0.2) is 37.3 Å². The molecule has 0 atom stereocenters. The van der Waals surface area contributed by atoms with Crippen LogP contribution in [0.4, 0.5) is 5.82 Å². The molecule has 1 fully saturated rings. The molecular weight excluding hydrogens is 252 g/mol. The Kier molecular flexibility index (Phi) is 4.15. The second kappa shape index (κ2) is 5.64. The first-order valence-corrected chi connectivity index (χ1v) is 7.45. The molecule has 1 saturated heterocycles. The first-order chi connectivity index (χ1) is 8.62. The maximum atomic E-state index is 12.1. The van der Waals surface area contributed by atoms with Gasteiger partial charge in [0.15, 0.2) is 0 Å². The topological polar surface area (TPSA) is 88.3 Å². The molecule has 1 aliphatic heterocycles. The van der Waals surface area contributed by atoms with Crippen LogP contribution in [0.15, 0.2) is 24.4 Å². The monoisotopic (exact) mass is 270 g/mol. The van der Waals surface area contributed by atoms with Crippen LogP contribution in [0.5, 0.6) is 0 Å². The van der Waals surface area contributed by atoms with Crippen molar-refractivity contribution < 1.29 is 8.42 Å². The highest BCUT2D eigenvalue weighted by atomic mass is 32.2. The fraction of sp³-hybridized carbons (Fsp3) is 0.545. The molecule has 18 heavy (non-hydrogen) atoms. The zero-order valence-corrected chi connectivity index (χ0v) is 10.9. The molecule has 1 aliphatic rings. The quantitative estimate of drug-likeness (QED) is 0.829. The Hall–Kier alpha value is -1.18. The number of pyridine rings is 1. The van der Waals surface area contributed by atoms with E-state index in [0.717, 1.165) is 12.8 Å². The van der Waals surface area contributed by atoms with Crippen LogP contribution in [0, 0.1) is 5.92 Å². The van der Waals surface area contributed by atoms with Crippen molar-refractivity contribution in [1.82, 2.24) is 9.29 Å². The Labute approximate surface area is 107 Å². The van der Waals surface area contributed by atoms with Gasteiger partial charge in [0.1, 0.15) is 5.82 Å². The molecule has 0 spiro atoms. The zero-order valence-electron chi connectivity index (χ0n) is 10.1. The van der Waals surface area contributed by atoms with Gasteiger partial charge in [-0.15, -0.1) is 0 Å². The molecule has 7 heteroatoms. The summed E-state index contributed by atoms with van der Waals surface area (Å²) in [6.07, 6.45) is 3.19. The minimum Gasteiger partial charge on any atom is -0.330 e. The average Bonchev–Trinajstić information content (AvgIpc) is 2.39. The second-order valence-corrected chi connectivity index (χ2v) is 6.07. The minimum absolute atomic E-state index is 0.346. The third kappa shape index (κ3) is 3.18. The maximum absolute atomic E-state index is 12.1. The Morgan fingerprint density at radius 2 is 2.11 bits per heavy atom. The van der Waals surface area contributed by atoms with Gasteiger partial charge < -0.3 is 5.73 Å². The van der Waals surface area contributed by atoms with Crippen LogP contribution in [0.3, 0.4) is 0 Å². The summed E-state index contributed by atoms with van der Waals surface area (Å²) in [5.74, 6) is 0.782. The van der Waals surface area contributed by atoms with E-state index < -0.39 is 10.2 Å². The molecule has 0 aliphatic carbocycles. The summed E-state index contributed by atoms with van der Waals surface area (Å²) in [7, 11) is -3.49. The van der Waals surface area contributed by atoms with E-state index in [9.17, 15) is 8.42 Å². The number of aromatic nitrogens is 1. The fourth-order valence-corrected chi connectivity index (χ4v) is 3.21. The minimum atomic E-state index is -3.49. The van der Waals surface area contributed by atoms with Gasteiger partial charge in [-0.05, 0) is 37.4 Å². The molecule has 0 aromatic carbocycles. The van der Waals surface area contributed by atoms with E-state index in [0.29, 0.717) is 31.4 Å². The largest absolute Gasteiger partial charge is 0.330 e. The number of anilines is 1. The molecule has 0 unspecified atom stereocenters. The molecule has 3 N–H and O–H groups in total. The number of nitrogens with zero attached hydrogens (tertiary/aromatic N) is 2. The molecule has 1 aromatic heterocycles. The van der Waals surface area contributed by atoms with Crippen molar-refractivity contribution in [2.45, 2.75) is 12.8 Å². The van der Waals surface area contributed by atoms with Gasteiger partial charge in [0, 0.05) is 19.3 Å². The van der Waals surface area contributed by atoms with Crippen molar-refractivity contribution in [3.05, 3.63) is 24.4 Å². The number of nitrogens with one attached hydrogen (secondary N) is 1. The number of nitrogens with two attached hydrogens (primary N) is 1. The third-order valence-electron chi connectivity index (χ3n) is 3.15. The normalized spacial score (nSPS) is 18.7. The second-order valence-electron chi connectivity index (χ2n) is 4.40. The maximum Gasteiger partial charge on any atom is 0.302 e.